The molecule has 2 aliphatic rings. The summed E-state index contributed by atoms with van der Waals surface area (Å²) in [4.78, 5) is 15.3. The van der Waals surface area contributed by atoms with Gasteiger partial charge in [-0.15, -0.1) is 0 Å². The summed E-state index contributed by atoms with van der Waals surface area (Å²) in [6.07, 6.45) is 6.95. The van der Waals surface area contributed by atoms with Crippen molar-refractivity contribution in [2.75, 3.05) is 13.1 Å². The van der Waals surface area contributed by atoms with Crippen molar-refractivity contribution in [3.8, 4) is 0 Å². The first-order valence-electron chi connectivity index (χ1n) is 7.84. The van der Waals surface area contributed by atoms with E-state index in [0.29, 0.717) is 6.42 Å². The van der Waals surface area contributed by atoms with Gasteiger partial charge in [-0.25, -0.2) is 4.39 Å². The van der Waals surface area contributed by atoms with Gasteiger partial charge in [-0.05, 0) is 56.5 Å². The lowest BCUT2D eigenvalue weighted by Gasteiger charge is -2.37. The summed E-state index contributed by atoms with van der Waals surface area (Å²) in [6, 6.07) is 4.61. The molecule has 1 aliphatic heterocycles. The highest BCUT2D eigenvalue weighted by molar-refractivity contribution is 6.30. The van der Waals surface area contributed by atoms with Crippen LogP contribution in [0.15, 0.2) is 18.2 Å². The van der Waals surface area contributed by atoms with Gasteiger partial charge in [-0.3, -0.25) is 9.69 Å². The van der Waals surface area contributed by atoms with E-state index in [-0.39, 0.29) is 16.3 Å². The fourth-order valence-electron chi connectivity index (χ4n) is 3.88. The Morgan fingerprint density at radius 2 is 1.86 bits per heavy atom. The molecule has 0 atom stereocenters. The Morgan fingerprint density at radius 1 is 1.19 bits per heavy atom. The predicted octanol–water partition coefficient (Wildman–Crippen LogP) is 4.00. The number of benzene rings is 1. The minimum absolute atomic E-state index is 0.0990. The van der Waals surface area contributed by atoms with Crippen LogP contribution in [0.1, 0.15) is 44.1 Å². The first kappa shape index (κ1) is 15.0. The van der Waals surface area contributed by atoms with E-state index in [1.165, 1.54) is 18.9 Å². The number of likely N-dealkylation sites (tertiary alicyclic amines) is 1. The Bertz CT molecular complexity index is 534. The number of halogens is 2. The minimum atomic E-state index is -0.428. The first-order chi connectivity index (χ1) is 10.1. The van der Waals surface area contributed by atoms with E-state index in [9.17, 15) is 9.18 Å². The van der Waals surface area contributed by atoms with Crippen LogP contribution < -0.4 is 0 Å². The van der Waals surface area contributed by atoms with Gasteiger partial charge in [0.2, 0.25) is 0 Å². The lowest BCUT2D eigenvalue weighted by atomic mass is 9.86. The Kier molecular flexibility index (Phi) is 4.32. The van der Waals surface area contributed by atoms with Crippen LogP contribution >= 0.6 is 11.6 Å². The zero-order valence-corrected chi connectivity index (χ0v) is 13.0. The van der Waals surface area contributed by atoms with Gasteiger partial charge in [0, 0.05) is 6.42 Å². The lowest BCUT2D eigenvalue weighted by molar-refractivity contribution is -0.129. The van der Waals surface area contributed by atoms with Crippen molar-refractivity contribution < 1.29 is 9.18 Å². The van der Waals surface area contributed by atoms with Crippen LogP contribution in [0.4, 0.5) is 4.39 Å². The van der Waals surface area contributed by atoms with Gasteiger partial charge in [0.25, 0.3) is 0 Å². The molecule has 0 spiro atoms. The van der Waals surface area contributed by atoms with Crippen molar-refractivity contribution in [1.29, 1.82) is 0 Å². The highest BCUT2D eigenvalue weighted by atomic mass is 35.5. The van der Waals surface area contributed by atoms with Gasteiger partial charge in [0.15, 0.2) is 5.78 Å². The van der Waals surface area contributed by atoms with E-state index in [2.05, 4.69) is 4.90 Å². The van der Waals surface area contributed by atoms with E-state index < -0.39 is 5.82 Å². The van der Waals surface area contributed by atoms with Crippen LogP contribution in [-0.4, -0.2) is 29.3 Å². The van der Waals surface area contributed by atoms with Crippen LogP contribution in [0.2, 0.25) is 5.02 Å². The van der Waals surface area contributed by atoms with E-state index in [1.807, 2.05) is 0 Å². The molecule has 1 saturated heterocycles. The largest absolute Gasteiger partial charge is 0.297 e. The molecule has 2 nitrogen and oxygen atoms in total. The maximum Gasteiger partial charge on any atom is 0.157 e. The normalized spacial score (nSPS) is 21.8. The molecule has 1 aromatic rings. The molecule has 0 aromatic heterocycles. The predicted molar refractivity (Wildman–Crippen MR) is 82.1 cm³/mol. The van der Waals surface area contributed by atoms with Gasteiger partial charge in [-0.1, -0.05) is 30.5 Å². The second kappa shape index (κ2) is 6.05. The van der Waals surface area contributed by atoms with E-state index in [0.717, 1.165) is 44.3 Å². The average Bonchev–Trinajstić information content (AvgIpc) is 3.13. The number of Topliss-reactive ketones (excluding diaryl/α,β-unsaturated/α-hetero) is 1. The van der Waals surface area contributed by atoms with Crippen molar-refractivity contribution in [1.82, 2.24) is 4.90 Å². The molecule has 0 amide bonds. The summed E-state index contributed by atoms with van der Waals surface area (Å²) in [7, 11) is 0. The van der Waals surface area contributed by atoms with Gasteiger partial charge in [0.05, 0.1) is 10.6 Å². The quantitative estimate of drug-likeness (QED) is 0.838. The SMILES string of the molecule is O=C(Cc1ccc(F)c(Cl)c1)C1(N2CCCC2)CCCC1. The van der Waals surface area contributed by atoms with Crippen LogP contribution in [0.5, 0.6) is 0 Å². The zero-order valence-electron chi connectivity index (χ0n) is 12.2. The highest BCUT2D eigenvalue weighted by Gasteiger charge is 2.45. The molecule has 1 saturated carbocycles. The molecule has 1 aromatic carbocycles. The van der Waals surface area contributed by atoms with Crippen molar-refractivity contribution >= 4 is 17.4 Å². The topological polar surface area (TPSA) is 20.3 Å². The summed E-state index contributed by atoms with van der Waals surface area (Å²) in [6.45, 7) is 2.08. The molecule has 21 heavy (non-hydrogen) atoms. The zero-order chi connectivity index (χ0) is 14.9. The molecule has 3 rings (SSSR count). The number of hydrogen-bond donors (Lipinski definition) is 0. The van der Waals surface area contributed by atoms with Gasteiger partial charge >= 0.3 is 0 Å². The number of carbonyl (C=O) groups is 1. The van der Waals surface area contributed by atoms with Gasteiger partial charge in [-0.2, -0.15) is 0 Å². The molecule has 0 bridgehead atoms. The monoisotopic (exact) mass is 309 g/mol. The third-order valence-corrected chi connectivity index (χ3v) is 5.30. The Morgan fingerprint density at radius 3 is 2.48 bits per heavy atom. The third kappa shape index (κ3) is 2.86. The summed E-state index contributed by atoms with van der Waals surface area (Å²) in [5.41, 5.74) is 0.550. The smallest absolute Gasteiger partial charge is 0.157 e. The summed E-state index contributed by atoms with van der Waals surface area (Å²) >= 11 is 5.82. The molecule has 1 aliphatic carbocycles. The van der Waals surface area contributed by atoms with Gasteiger partial charge < -0.3 is 0 Å². The maximum absolute atomic E-state index is 13.2. The van der Waals surface area contributed by atoms with Crippen molar-refractivity contribution in [3.63, 3.8) is 0 Å². The molecule has 0 N–H and O–H groups in total. The van der Waals surface area contributed by atoms with Crippen LogP contribution in [0.3, 0.4) is 0 Å². The van der Waals surface area contributed by atoms with Crippen molar-refractivity contribution in [3.05, 3.63) is 34.6 Å². The molecule has 114 valence electrons. The van der Waals surface area contributed by atoms with Crippen LogP contribution in [0, 0.1) is 5.82 Å². The Labute approximate surface area is 130 Å². The van der Waals surface area contributed by atoms with Crippen LogP contribution in [0.25, 0.3) is 0 Å². The fraction of sp³-hybridized carbons (Fsp3) is 0.588. The second-order valence-electron chi connectivity index (χ2n) is 6.28. The first-order valence-corrected chi connectivity index (χ1v) is 8.22. The molecule has 1 heterocycles. The Hall–Kier alpha value is -0.930. The molecule has 0 radical (unpaired) electrons. The number of ketones is 1. The molecule has 0 unspecified atom stereocenters. The van der Waals surface area contributed by atoms with Gasteiger partial charge in [0.1, 0.15) is 5.82 Å². The number of nitrogens with zero attached hydrogens (tertiary/aromatic N) is 1. The highest BCUT2D eigenvalue weighted by Crippen LogP contribution is 2.39. The second-order valence-corrected chi connectivity index (χ2v) is 6.69. The number of rotatable bonds is 4. The average molecular weight is 310 g/mol. The summed E-state index contributed by atoms with van der Waals surface area (Å²) < 4.78 is 13.2. The molecule has 4 heteroatoms. The standard InChI is InChI=1S/C17H21ClFNO/c18-14-11-13(5-6-15(14)19)12-16(21)17(7-1-2-8-17)20-9-3-4-10-20/h5-6,11H,1-4,7-10,12H2. The Balaban J connectivity index is 1.79. The maximum atomic E-state index is 13.2. The van der Waals surface area contributed by atoms with E-state index >= 15 is 0 Å². The third-order valence-electron chi connectivity index (χ3n) is 5.01. The number of hydrogen-bond acceptors (Lipinski definition) is 2. The molecule has 2 fully saturated rings. The number of carbonyl (C=O) groups excluding carboxylic acids is 1. The van der Waals surface area contributed by atoms with Crippen molar-refractivity contribution in [2.45, 2.75) is 50.5 Å². The molecular formula is C17H21ClFNO. The summed E-state index contributed by atoms with van der Waals surface area (Å²) in [5.74, 6) is -0.146. The lowest BCUT2D eigenvalue weighted by Crippen LogP contribution is -2.52. The van der Waals surface area contributed by atoms with E-state index in [1.54, 1.807) is 12.1 Å². The fourth-order valence-corrected chi connectivity index (χ4v) is 4.08. The van der Waals surface area contributed by atoms with Crippen molar-refractivity contribution in [2.24, 2.45) is 0 Å². The minimum Gasteiger partial charge on any atom is -0.297 e. The van der Waals surface area contributed by atoms with Crippen LogP contribution in [-0.2, 0) is 11.2 Å². The summed E-state index contributed by atoms with van der Waals surface area (Å²) in [5, 5.41) is 0.0990. The van der Waals surface area contributed by atoms with E-state index in [4.69, 9.17) is 11.6 Å². The molecular weight excluding hydrogens is 289 g/mol.